The van der Waals surface area contributed by atoms with Gasteiger partial charge in [-0.25, -0.2) is 0 Å². The number of nitrogens with two attached hydrogens (primary N) is 1. The molecule has 0 aliphatic heterocycles. The van der Waals surface area contributed by atoms with Crippen molar-refractivity contribution in [3.05, 3.63) is 48.5 Å². The summed E-state index contributed by atoms with van der Waals surface area (Å²) in [6.07, 6.45) is -3.28. The molecule has 2 aromatic rings. The lowest BCUT2D eigenvalue weighted by atomic mass is 10.1. The first kappa shape index (κ1) is 18.8. The van der Waals surface area contributed by atoms with Gasteiger partial charge in [-0.1, -0.05) is 37.6 Å². The molecule has 0 aliphatic rings. The van der Waals surface area contributed by atoms with Gasteiger partial charge in [-0.3, -0.25) is 4.79 Å². The highest BCUT2D eigenvalue weighted by atomic mass is 19.4. The van der Waals surface area contributed by atoms with Crippen LogP contribution < -0.4 is 15.8 Å². The summed E-state index contributed by atoms with van der Waals surface area (Å²) in [6, 6.07) is 12.0. The van der Waals surface area contributed by atoms with Gasteiger partial charge in [0.2, 0.25) is 5.91 Å². The minimum absolute atomic E-state index is 0.247. The number of benzene rings is 2. The number of anilines is 1. The zero-order chi connectivity index (χ0) is 18.4. The van der Waals surface area contributed by atoms with Crippen molar-refractivity contribution < 1.29 is 22.7 Å². The van der Waals surface area contributed by atoms with E-state index in [4.69, 9.17) is 5.73 Å². The number of carbonyl (C=O) groups excluding carboxylic acids is 1. The van der Waals surface area contributed by atoms with Gasteiger partial charge in [0, 0.05) is 5.69 Å². The molecule has 4 nitrogen and oxygen atoms in total. The van der Waals surface area contributed by atoms with E-state index in [9.17, 15) is 18.0 Å². The average Bonchev–Trinajstić information content (AvgIpc) is 2.55. The van der Waals surface area contributed by atoms with E-state index in [1.54, 1.807) is 24.3 Å². The Hall–Kier alpha value is -2.54. The summed E-state index contributed by atoms with van der Waals surface area (Å²) in [5.41, 5.74) is 7.89. The predicted molar refractivity (Wildman–Crippen MR) is 90.1 cm³/mol. The van der Waals surface area contributed by atoms with Crippen LogP contribution in [0.4, 0.5) is 18.9 Å². The number of halogens is 3. The third-order valence-corrected chi connectivity index (χ3v) is 3.51. The quantitative estimate of drug-likeness (QED) is 0.814. The van der Waals surface area contributed by atoms with Crippen molar-refractivity contribution in [2.45, 2.75) is 32.2 Å². The second-order valence-corrected chi connectivity index (χ2v) is 5.53. The van der Waals surface area contributed by atoms with Crippen LogP contribution in [0.5, 0.6) is 5.75 Å². The molecule has 0 saturated heterocycles. The Morgan fingerprint density at radius 2 is 1.60 bits per heavy atom. The van der Waals surface area contributed by atoms with Gasteiger partial charge in [0.25, 0.3) is 0 Å². The van der Waals surface area contributed by atoms with E-state index in [0.717, 1.165) is 17.5 Å². The molecule has 3 N–H and O–H groups in total. The number of rotatable bonds is 6. The minimum Gasteiger partial charge on any atom is -0.406 e. The molecule has 134 valence electrons. The second kappa shape index (κ2) is 8.02. The molecule has 0 aliphatic carbocycles. The first-order valence-electron chi connectivity index (χ1n) is 7.81. The van der Waals surface area contributed by atoms with Crippen LogP contribution in [0, 0.1) is 0 Å². The van der Waals surface area contributed by atoms with Crippen LogP contribution in [0.25, 0.3) is 11.1 Å². The van der Waals surface area contributed by atoms with Crippen LogP contribution in [-0.4, -0.2) is 18.3 Å². The Bertz CT molecular complexity index is 698. The third kappa shape index (κ3) is 5.79. The van der Waals surface area contributed by atoms with E-state index < -0.39 is 12.4 Å². The Labute approximate surface area is 143 Å². The molecule has 0 saturated carbocycles. The summed E-state index contributed by atoms with van der Waals surface area (Å²) in [5, 5.41) is 2.73. The maximum absolute atomic E-state index is 12.2. The van der Waals surface area contributed by atoms with Gasteiger partial charge in [-0.15, -0.1) is 13.2 Å². The zero-order valence-corrected chi connectivity index (χ0v) is 13.6. The third-order valence-electron chi connectivity index (χ3n) is 3.51. The Balaban J connectivity index is 2.03. The predicted octanol–water partition coefficient (Wildman–Crippen LogP) is 4.32. The van der Waals surface area contributed by atoms with E-state index in [-0.39, 0.29) is 11.7 Å². The summed E-state index contributed by atoms with van der Waals surface area (Å²) in [6.45, 7) is 1.95. The maximum Gasteiger partial charge on any atom is 0.573 e. The van der Waals surface area contributed by atoms with Crippen LogP contribution in [0.2, 0.25) is 0 Å². The van der Waals surface area contributed by atoms with Gasteiger partial charge in [-0.2, -0.15) is 0 Å². The number of alkyl halides is 3. The summed E-state index contributed by atoms with van der Waals surface area (Å²) < 4.78 is 40.3. The highest BCUT2D eigenvalue weighted by Gasteiger charge is 2.30. The van der Waals surface area contributed by atoms with Crippen molar-refractivity contribution in [2.75, 3.05) is 5.32 Å². The largest absolute Gasteiger partial charge is 0.573 e. The van der Waals surface area contributed by atoms with Crippen LogP contribution in [0.3, 0.4) is 0 Å². The summed E-state index contributed by atoms with van der Waals surface area (Å²) in [7, 11) is 0. The monoisotopic (exact) mass is 352 g/mol. The lowest BCUT2D eigenvalue weighted by Crippen LogP contribution is -2.35. The number of carbonyl (C=O) groups is 1. The van der Waals surface area contributed by atoms with Gasteiger partial charge >= 0.3 is 6.36 Å². The van der Waals surface area contributed by atoms with Crippen molar-refractivity contribution in [2.24, 2.45) is 5.73 Å². The second-order valence-electron chi connectivity index (χ2n) is 5.53. The molecule has 2 rings (SSSR count). The topological polar surface area (TPSA) is 64.4 Å². The van der Waals surface area contributed by atoms with Crippen LogP contribution in [0.15, 0.2) is 48.5 Å². The molecule has 25 heavy (non-hydrogen) atoms. The maximum atomic E-state index is 12.2. The highest BCUT2D eigenvalue weighted by molar-refractivity contribution is 5.94. The molecule has 2 aromatic carbocycles. The Morgan fingerprint density at radius 3 is 2.08 bits per heavy atom. The summed E-state index contributed by atoms with van der Waals surface area (Å²) in [4.78, 5) is 11.9. The highest BCUT2D eigenvalue weighted by Crippen LogP contribution is 2.27. The minimum atomic E-state index is -4.71. The van der Waals surface area contributed by atoms with Crippen LogP contribution >= 0.6 is 0 Å². The molecular weight excluding hydrogens is 333 g/mol. The van der Waals surface area contributed by atoms with Gasteiger partial charge in [-0.05, 0) is 41.8 Å². The van der Waals surface area contributed by atoms with Crippen LogP contribution in [0.1, 0.15) is 19.8 Å². The van der Waals surface area contributed by atoms with E-state index >= 15 is 0 Å². The fraction of sp³-hybridized carbons (Fsp3) is 0.278. The summed E-state index contributed by atoms with van der Waals surface area (Å²) >= 11 is 0. The molecule has 0 aromatic heterocycles. The number of amides is 1. The zero-order valence-electron chi connectivity index (χ0n) is 13.6. The van der Waals surface area contributed by atoms with E-state index in [1.165, 1.54) is 24.3 Å². The molecule has 0 radical (unpaired) electrons. The molecule has 7 heteroatoms. The molecule has 0 heterocycles. The SMILES string of the molecule is CCCC(N)C(=O)Nc1ccc(-c2ccc(OC(F)(F)F)cc2)cc1. The van der Waals surface area contributed by atoms with E-state index in [1.807, 2.05) is 6.92 Å². The Morgan fingerprint density at radius 1 is 1.08 bits per heavy atom. The van der Waals surface area contributed by atoms with Crippen molar-refractivity contribution in [1.82, 2.24) is 0 Å². The molecular formula is C18H19F3N2O2. The van der Waals surface area contributed by atoms with Crippen molar-refractivity contribution >= 4 is 11.6 Å². The van der Waals surface area contributed by atoms with E-state index in [2.05, 4.69) is 10.1 Å². The van der Waals surface area contributed by atoms with Crippen molar-refractivity contribution in [3.8, 4) is 16.9 Å². The van der Waals surface area contributed by atoms with Gasteiger partial charge in [0.1, 0.15) is 5.75 Å². The lowest BCUT2D eigenvalue weighted by Gasteiger charge is -2.12. The van der Waals surface area contributed by atoms with Gasteiger partial charge in [0.15, 0.2) is 0 Å². The average molecular weight is 352 g/mol. The molecule has 0 spiro atoms. The number of nitrogens with one attached hydrogen (secondary N) is 1. The fourth-order valence-corrected chi connectivity index (χ4v) is 2.27. The Kier molecular flexibility index (Phi) is 6.03. The molecule has 0 fully saturated rings. The van der Waals surface area contributed by atoms with Crippen molar-refractivity contribution in [3.63, 3.8) is 0 Å². The normalized spacial score (nSPS) is 12.5. The fourth-order valence-electron chi connectivity index (χ4n) is 2.27. The first-order valence-corrected chi connectivity index (χ1v) is 7.81. The van der Waals surface area contributed by atoms with Crippen LogP contribution in [-0.2, 0) is 4.79 Å². The standard InChI is InChI=1S/C18H19F3N2O2/c1-2-3-16(22)17(24)23-14-8-4-12(5-9-14)13-6-10-15(11-7-13)25-18(19,20)21/h4-11,16H,2-3,22H2,1H3,(H,23,24). The molecule has 1 amide bonds. The molecule has 1 unspecified atom stereocenters. The van der Waals surface area contributed by atoms with E-state index in [0.29, 0.717) is 12.1 Å². The van der Waals surface area contributed by atoms with Gasteiger partial charge in [0.05, 0.1) is 6.04 Å². The smallest absolute Gasteiger partial charge is 0.406 e. The summed E-state index contributed by atoms with van der Waals surface area (Å²) in [5.74, 6) is -0.520. The number of ether oxygens (including phenoxy) is 1. The molecule has 1 atom stereocenters. The number of hydrogen-bond acceptors (Lipinski definition) is 3. The lowest BCUT2D eigenvalue weighted by molar-refractivity contribution is -0.274. The van der Waals surface area contributed by atoms with Crippen molar-refractivity contribution in [1.29, 1.82) is 0 Å². The molecule has 0 bridgehead atoms. The number of hydrogen-bond donors (Lipinski definition) is 2. The first-order chi connectivity index (χ1) is 11.8. The van der Waals surface area contributed by atoms with Gasteiger partial charge < -0.3 is 15.8 Å².